The Kier molecular flexibility index (Phi) is 6.09. The summed E-state index contributed by atoms with van der Waals surface area (Å²) in [5.74, 6) is 1.00. The van der Waals surface area contributed by atoms with Crippen LogP contribution in [0.5, 0.6) is 0 Å². The average Bonchev–Trinajstić information content (AvgIpc) is 2.44. The van der Waals surface area contributed by atoms with Gasteiger partial charge in [0, 0.05) is 12.1 Å². The van der Waals surface area contributed by atoms with Crippen molar-refractivity contribution < 1.29 is 0 Å². The molecule has 0 radical (unpaired) electrons. The highest BCUT2D eigenvalue weighted by Gasteiger charge is 2.21. The van der Waals surface area contributed by atoms with Gasteiger partial charge in [-0.1, -0.05) is 44.0 Å². The number of hydrogen-bond acceptors (Lipinski definition) is 1. The fourth-order valence-electron chi connectivity index (χ4n) is 3.66. The van der Waals surface area contributed by atoms with E-state index in [-0.39, 0.29) is 0 Å². The average molecular weight is 273 g/mol. The molecule has 1 N–H and O–H groups in total. The van der Waals surface area contributed by atoms with Gasteiger partial charge in [-0.25, -0.2) is 0 Å². The van der Waals surface area contributed by atoms with E-state index in [1.807, 2.05) is 0 Å². The minimum Gasteiger partial charge on any atom is -0.311 e. The summed E-state index contributed by atoms with van der Waals surface area (Å²) in [6.07, 6.45) is 9.57. The molecular formula is C19H31N. The minimum absolute atomic E-state index is 0.587. The van der Waals surface area contributed by atoms with Gasteiger partial charge in [0.2, 0.25) is 0 Å². The van der Waals surface area contributed by atoms with Gasteiger partial charge in [0.05, 0.1) is 0 Å². The summed E-state index contributed by atoms with van der Waals surface area (Å²) in [6.45, 7) is 6.87. The highest BCUT2D eigenvalue weighted by Crippen LogP contribution is 2.28. The van der Waals surface area contributed by atoms with Crippen LogP contribution in [0.1, 0.15) is 63.5 Å². The summed E-state index contributed by atoms with van der Waals surface area (Å²) < 4.78 is 0. The third-order valence-electron chi connectivity index (χ3n) is 4.85. The van der Waals surface area contributed by atoms with Crippen molar-refractivity contribution in [2.75, 3.05) is 0 Å². The first-order valence-corrected chi connectivity index (χ1v) is 8.49. The van der Waals surface area contributed by atoms with Crippen LogP contribution in [0.4, 0.5) is 0 Å². The highest BCUT2D eigenvalue weighted by molar-refractivity contribution is 5.26. The zero-order valence-electron chi connectivity index (χ0n) is 13.5. The Bertz CT molecular complexity index is 391. The fraction of sp³-hybridized carbons (Fsp3) is 0.684. The zero-order chi connectivity index (χ0) is 14.4. The molecule has 1 aromatic carbocycles. The van der Waals surface area contributed by atoms with E-state index in [4.69, 9.17) is 0 Å². The number of aryl methyl sites for hydroxylation is 1. The van der Waals surface area contributed by atoms with E-state index < -0.39 is 0 Å². The molecule has 0 aliphatic heterocycles. The summed E-state index contributed by atoms with van der Waals surface area (Å²) >= 11 is 0. The molecule has 2 rings (SSSR count). The Hall–Kier alpha value is -0.820. The van der Waals surface area contributed by atoms with Crippen LogP contribution in [0.25, 0.3) is 0 Å². The predicted molar refractivity (Wildman–Crippen MR) is 88.1 cm³/mol. The van der Waals surface area contributed by atoms with Gasteiger partial charge in [-0.05, 0) is 63.0 Å². The maximum Gasteiger partial charge on any atom is 0.00818 e. The Labute approximate surface area is 125 Å². The lowest BCUT2D eigenvalue weighted by molar-refractivity contribution is 0.265. The monoisotopic (exact) mass is 273 g/mol. The summed E-state index contributed by atoms with van der Waals surface area (Å²) in [7, 11) is 0. The van der Waals surface area contributed by atoms with Crippen LogP contribution in [0.15, 0.2) is 24.3 Å². The number of hydrogen-bond donors (Lipinski definition) is 1. The molecule has 1 heteroatoms. The molecule has 1 nitrogen and oxygen atoms in total. The molecular weight excluding hydrogens is 242 g/mol. The van der Waals surface area contributed by atoms with Gasteiger partial charge < -0.3 is 5.32 Å². The van der Waals surface area contributed by atoms with Gasteiger partial charge >= 0.3 is 0 Å². The van der Waals surface area contributed by atoms with Crippen molar-refractivity contribution in [3.63, 3.8) is 0 Å². The van der Waals surface area contributed by atoms with Crippen LogP contribution in [0.2, 0.25) is 0 Å². The van der Waals surface area contributed by atoms with E-state index in [2.05, 4.69) is 50.4 Å². The van der Waals surface area contributed by atoms with Gasteiger partial charge in [-0.3, -0.25) is 0 Å². The SMILES string of the molecule is CCCC1CCC(NC(C)Cc2ccccc2C)CC1. The maximum atomic E-state index is 3.86. The molecule has 0 heterocycles. The van der Waals surface area contributed by atoms with Crippen LogP contribution >= 0.6 is 0 Å². The molecule has 112 valence electrons. The smallest absolute Gasteiger partial charge is 0.00818 e. The first kappa shape index (κ1) is 15.6. The number of benzene rings is 1. The van der Waals surface area contributed by atoms with Crippen molar-refractivity contribution in [1.82, 2.24) is 5.32 Å². The Morgan fingerprint density at radius 2 is 1.85 bits per heavy atom. The van der Waals surface area contributed by atoms with E-state index in [9.17, 15) is 0 Å². The van der Waals surface area contributed by atoms with Crippen LogP contribution in [0, 0.1) is 12.8 Å². The van der Waals surface area contributed by atoms with Crippen LogP contribution in [-0.4, -0.2) is 12.1 Å². The first-order valence-electron chi connectivity index (χ1n) is 8.49. The largest absolute Gasteiger partial charge is 0.311 e. The molecule has 0 amide bonds. The molecule has 0 spiro atoms. The lowest BCUT2D eigenvalue weighted by Gasteiger charge is -2.31. The fourth-order valence-corrected chi connectivity index (χ4v) is 3.66. The van der Waals surface area contributed by atoms with E-state index in [0.29, 0.717) is 6.04 Å². The Morgan fingerprint density at radius 1 is 1.15 bits per heavy atom. The standard InChI is InChI=1S/C19H31N/c1-4-7-17-10-12-19(13-11-17)20-16(3)14-18-9-6-5-8-15(18)2/h5-6,8-9,16-17,19-20H,4,7,10-14H2,1-3H3. The predicted octanol–water partition coefficient (Wildman–Crippen LogP) is 4.87. The summed E-state index contributed by atoms with van der Waals surface area (Å²) in [6, 6.07) is 10.1. The van der Waals surface area contributed by atoms with Gasteiger partial charge in [0.15, 0.2) is 0 Å². The normalized spacial score (nSPS) is 24.6. The number of nitrogens with one attached hydrogen (secondary N) is 1. The molecule has 1 aliphatic carbocycles. The third kappa shape index (κ3) is 4.63. The second-order valence-electron chi connectivity index (χ2n) is 6.70. The molecule has 0 bridgehead atoms. The van der Waals surface area contributed by atoms with Gasteiger partial charge in [-0.2, -0.15) is 0 Å². The minimum atomic E-state index is 0.587. The molecule has 1 atom stereocenters. The highest BCUT2D eigenvalue weighted by atomic mass is 14.9. The van der Waals surface area contributed by atoms with Crippen LogP contribution in [0.3, 0.4) is 0 Å². The van der Waals surface area contributed by atoms with Crippen molar-refractivity contribution in [2.45, 2.75) is 77.8 Å². The van der Waals surface area contributed by atoms with Crippen molar-refractivity contribution in [1.29, 1.82) is 0 Å². The molecule has 20 heavy (non-hydrogen) atoms. The van der Waals surface area contributed by atoms with Gasteiger partial charge in [0.25, 0.3) is 0 Å². The molecule has 1 aliphatic rings. The van der Waals surface area contributed by atoms with Crippen molar-refractivity contribution >= 4 is 0 Å². The molecule has 1 fully saturated rings. The maximum absolute atomic E-state index is 3.86. The second kappa shape index (κ2) is 7.83. The van der Waals surface area contributed by atoms with E-state index in [1.165, 1.54) is 49.7 Å². The molecule has 0 saturated heterocycles. The lowest BCUT2D eigenvalue weighted by Crippen LogP contribution is -2.40. The summed E-state index contributed by atoms with van der Waals surface area (Å²) in [4.78, 5) is 0. The summed E-state index contributed by atoms with van der Waals surface area (Å²) in [5.41, 5.74) is 2.92. The molecule has 1 aromatic rings. The number of rotatable bonds is 6. The van der Waals surface area contributed by atoms with Crippen LogP contribution < -0.4 is 5.32 Å². The van der Waals surface area contributed by atoms with Gasteiger partial charge in [0.1, 0.15) is 0 Å². The molecule has 1 saturated carbocycles. The quantitative estimate of drug-likeness (QED) is 0.779. The second-order valence-corrected chi connectivity index (χ2v) is 6.70. The third-order valence-corrected chi connectivity index (χ3v) is 4.85. The van der Waals surface area contributed by atoms with E-state index in [0.717, 1.165) is 18.4 Å². The Balaban J connectivity index is 1.75. The van der Waals surface area contributed by atoms with Gasteiger partial charge in [-0.15, -0.1) is 0 Å². The van der Waals surface area contributed by atoms with E-state index >= 15 is 0 Å². The lowest BCUT2D eigenvalue weighted by atomic mass is 9.83. The molecule has 0 aromatic heterocycles. The zero-order valence-corrected chi connectivity index (χ0v) is 13.5. The van der Waals surface area contributed by atoms with Crippen LogP contribution in [-0.2, 0) is 6.42 Å². The molecule has 1 unspecified atom stereocenters. The first-order chi connectivity index (χ1) is 9.69. The topological polar surface area (TPSA) is 12.0 Å². The van der Waals surface area contributed by atoms with Crippen molar-refractivity contribution in [3.8, 4) is 0 Å². The Morgan fingerprint density at radius 3 is 2.50 bits per heavy atom. The van der Waals surface area contributed by atoms with Crippen molar-refractivity contribution in [3.05, 3.63) is 35.4 Å². The summed E-state index contributed by atoms with van der Waals surface area (Å²) in [5, 5.41) is 3.86. The van der Waals surface area contributed by atoms with E-state index in [1.54, 1.807) is 0 Å². The van der Waals surface area contributed by atoms with Crippen molar-refractivity contribution in [2.24, 2.45) is 5.92 Å².